The normalized spacial score (nSPS) is 20.2. The molecule has 2 nitrogen and oxygen atoms in total. The lowest BCUT2D eigenvalue weighted by Gasteiger charge is -2.40. The number of benzene rings is 2. The van der Waals surface area contributed by atoms with Crippen LogP contribution in [0.4, 0.5) is 0 Å². The van der Waals surface area contributed by atoms with Crippen molar-refractivity contribution in [2.45, 2.75) is 105 Å². The molecular formula is C31H46O2. The predicted molar refractivity (Wildman–Crippen MR) is 140 cm³/mol. The molecule has 3 rings (SSSR count). The van der Waals surface area contributed by atoms with Crippen molar-refractivity contribution in [3.63, 3.8) is 0 Å². The lowest BCUT2D eigenvalue weighted by atomic mass is 9.67. The van der Waals surface area contributed by atoms with Crippen molar-refractivity contribution in [1.82, 2.24) is 0 Å². The third-order valence-corrected chi connectivity index (χ3v) is 7.50. The van der Waals surface area contributed by atoms with Crippen molar-refractivity contribution in [2.75, 3.05) is 6.61 Å². The quantitative estimate of drug-likeness (QED) is 0.319. The molecule has 0 heterocycles. The topological polar surface area (TPSA) is 18.5 Å². The molecule has 3 unspecified atom stereocenters. The molecule has 0 radical (unpaired) electrons. The molecular weight excluding hydrogens is 404 g/mol. The highest BCUT2D eigenvalue weighted by molar-refractivity contribution is 5.32. The second-order valence-corrected chi connectivity index (χ2v) is 11.2. The fraction of sp³-hybridized carbons (Fsp3) is 0.613. The van der Waals surface area contributed by atoms with Gasteiger partial charge in [-0.1, -0.05) is 84.4 Å². The van der Waals surface area contributed by atoms with Crippen molar-refractivity contribution >= 4 is 0 Å². The summed E-state index contributed by atoms with van der Waals surface area (Å²) in [7, 11) is 0. The zero-order chi connectivity index (χ0) is 23.9. The van der Waals surface area contributed by atoms with Gasteiger partial charge in [0.25, 0.3) is 0 Å². The van der Waals surface area contributed by atoms with Crippen molar-refractivity contribution in [1.29, 1.82) is 0 Å². The van der Waals surface area contributed by atoms with Crippen LogP contribution in [-0.2, 0) is 17.6 Å². The SMILES string of the molecule is CCCOC(CC1(CCC)CCc2ccccc2C1)Oc1ccc(C(CC)C(C)(C)C)cc1. The van der Waals surface area contributed by atoms with Crippen molar-refractivity contribution < 1.29 is 9.47 Å². The molecule has 182 valence electrons. The average molecular weight is 451 g/mol. The molecule has 1 aliphatic rings. The largest absolute Gasteiger partial charge is 0.465 e. The number of rotatable bonds is 11. The van der Waals surface area contributed by atoms with E-state index in [9.17, 15) is 0 Å². The molecule has 0 aromatic heterocycles. The smallest absolute Gasteiger partial charge is 0.200 e. The van der Waals surface area contributed by atoms with Gasteiger partial charge < -0.3 is 9.47 Å². The lowest BCUT2D eigenvalue weighted by molar-refractivity contribution is -0.108. The summed E-state index contributed by atoms with van der Waals surface area (Å²) in [6.45, 7) is 14.5. The standard InChI is InChI=1S/C31H46O2/c1-7-19-31(20-18-24-12-10-11-13-26(24)22-31)23-29(32-21-8-2)33-27-16-14-25(15-17-27)28(9-3)30(4,5)6/h10-17,28-29H,7-9,18-23H2,1-6H3. The van der Waals surface area contributed by atoms with E-state index in [1.807, 2.05) is 0 Å². The van der Waals surface area contributed by atoms with Gasteiger partial charge in [0.2, 0.25) is 0 Å². The Kier molecular flexibility index (Phi) is 9.04. The molecule has 0 spiro atoms. The van der Waals surface area contributed by atoms with E-state index >= 15 is 0 Å². The van der Waals surface area contributed by atoms with Gasteiger partial charge >= 0.3 is 0 Å². The summed E-state index contributed by atoms with van der Waals surface area (Å²) in [5.41, 5.74) is 4.95. The van der Waals surface area contributed by atoms with Crippen LogP contribution in [0.3, 0.4) is 0 Å². The van der Waals surface area contributed by atoms with Gasteiger partial charge in [0.1, 0.15) is 5.75 Å². The maximum atomic E-state index is 6.51. The third kappa shape index (κ3) is 6.85. The van der Waals surface area contributed by atoms with Crippen LogP contribution in [0.25, 0.3) is 0 Å². The summed E-state index contributed by atoms with van der Waals surface area (Å²) in [4.78, 5) is 0. The van der Waals surface area contributed by atoms with E-state index in [0.29, 0.717) is 5.92 Å². The highest BCUT2D eigenvalue weighted by Gasteiger charge is 2.37. The second-order valence-electron chi connectivity index (χ2n) is 11.2. The van der Waals surface area contributed by atoms with E-state index in [-0.39, 0.29) is 17.1 Å². The summed E-state index contributed by atoms with van der Waals surface area (Å²) in [6, 6.07) is 17.8. The molecule has 2 aromatic carbocycles. The van der Waals surface area contributed by atoms with Crippen molar-refractivity contribution in [2.24, 2.45) is 10.8 Å². The van der Waals surface area contributed by atoms with Crippen molar-refractivity contribution in [3.8, 4) is 5.75 Å². The number of hydrogen-bond donors (Lipinski definition) is 0. The highest BCUT2D eigenvalue weighted by atomic mass is 16.7. The monoisotopic (exact) mass is 450 g/mol. The Labute approximate surface area is 203 Å². The zero-order valence-corrected chi connectivity index (χ0v) is 22.0. The van der Waals surface area contributed by atoms with Gasteiger partial charge in [0.05, 0.1) is 6.61 Å². The predicted octanol–water partition coefficient (Wildman–Crippen LogP) is 8.72. The highest BCUT2D eigenvalue weighted by Crippen LogP contribution is 2.44. The van der Waals surface area contributed by atoms with E-state index in [0.717, 1.165) is 44.5 Å². The van der Waals surface area contributed by atoms with E-state index < -0.39 is 0 Å². The molecule has 0 saturated heterocycles. The molecule has 2 heteroatoms. The lowest BCUT2D eigenvalue weighted by Crippen LogP contribution is -2.36. The van der Waals surface area contributed by atoms with Gasteiger partial charge in [-0.15, -0.1) is 0 Å². The Balaban J connectivity index is 1.76. The summed E-state index contributed by atoms with van der Waals surface area (Å²) >= 11 is 0. The first-order chi connectivity index (χ1) is 15.8. The van der Waals surface area contributed by atoms with E-state index in [4.69, 9.17) is 9.47 Å². The molecule has 0 saturated carbocycles. The van der Waals surface area contributed by atoms with Gasteiger partial charge in [-0.3, -0.25) is 0 Å². The maximum Gasteiger partial charge on any atom is 0.200 e. The third-order valence-electron chi connectivity index (χ3n) is 7.50. The van der Waals surface area contributed by atoms with Gasteiger partial charge in [-0.05, 0) is 84.1 Å². The number of fused-ring (bicyclic) bond motifs is 1. The maximum absolute atomic E-state index is 6.51. The summed E-state index contributed by atoms with van der Waals surface area (Å²) < 4.78 is 12.8. The van der Waals surface area contributed by atoms with Gasteiger partial charge in [-0.25, -0.2) is 0 Å². The Hall–Kier alpha value is -1.80. The first-order valence-electron chi connectivity index (χ1n) is 13.2. The molecule has 1 aliphatic carbocycles. The molecule has 33 heavy (non-hydrogen) atoms. The summed E-state index contributed by atoms with van der Waals surface area (Å²) in [5, 5.41) is 0. The minimum atomic E-state index is -0.197. The van der Waals surface area contributed by atoms with E-state index in [1.54, 1.807) is 0 Å². The molecule has 2 aromatic rings. The van der Waals surface area contributed by atoms with Gasteiger partial charge in [0.15, 0.2) is 6.29 Å². The van der Waals surface area contributed by atoms with Crippen LogP contribution in [0, 0.1) is 10.8 Å². The first-order valence-corrected chi connectivity index (χ1v) is 13.2. The number of aryl methyl sites for hydroxylation is 1. The van der Waals surface area contributed by atoms with Crippen LogP contribution in [-0.4, -0.2) is 12.9 Å². The second kappa shape index (κ2) is 11.6. The van der Waals surface area contributed by atoms with Crippen LogP contribution >= 0.6 is 0 Å². The van der Waals surface area contributed by atoms with Crippen LogP contribution in [0.15, 0.2) is 48.5 Å². The van der Waals surface area contributed by atoms with Gasteiger partial charge in [0, 0.05) is 6.42 Å². The van der Waals surface area contributed by atoms with Crippen LogP contribution in [0.1, 0.15) is 103 Å². The minimum absolute atomic E-state index is 0.197. The van der Waals surface area contributed by atoms with Crippen LogP contribution < -0.4 is 4.74 Å². The Bertz CT molecular complexity index is 848. The fourth-order valence-electron chi connectivity index (χ4n) is 5.90. The molecule has 0 amide bonds. The van der Waals surface area contributed by atoms with Crippen molar-refractivity contribution in [3.05, 3.63) is 65.2 Å². The van der Waals surface area contributed by atoms with Crippen LogP contribution in [0.5, 0.6) is 5.75 Å². The van der Waals surface area contributed by atoms with Gasteiger partial charge in [-0.2, -0.15) is 0 Å². The molecule has 3 atom stereocenters. The summed E-state index contributed by atoms with van der Waals surface area (Å²) in [5.74, 6) is 1.47. The average Bonchev–Trinajstić information content (AvgIpc) is 2.78. The van der Waals surface area contributed by atoms with E-state index in [2.05, 4.69) is 90.1 Å². The Morgan fingerprint density at radius 3 is 2.21 bits per heavy atom. The molecule has 0 aliphatic heterocycles. The van der Waals surface area contributed by atoms with E-state index in [1.165, 1.54) is 36.0 Å². The molecule has 0 fully saturated rings. The minimum Gasteiger partial charge on any atom is -0.465 e. The molecule has 0 N–H and O–H groups in total. The Morgan fingerprint density at radius 1 is 0.909 bits per heavy atom. The fourth-order valence-corrected chi connectivity index (χ4v) is 5.90. The molecule has 0 bridgehead atoms. The van der Waals surface area contributed by atoms with Crippen LogP contribution in [0.2, 0.25) is 0 Å². The number of ether oxygens (including phenoxy) is 2. The number of hydrogen-bond acceptors (Lipinski definition) is 2. The first kappa shape index (κ1) is 25.8. The Morgan fingerprint density at radius 2 is 1.61 bits per heavy atom. The summed E-state index contributed by atoms with van der Waals surface area (Å²) in [6.07, 6.45) is 8.84. The zero-order valence-electron chi connectivity index (χ0n) is 22.0.